The molecule has 1 saturated heterocycles. The van der Waals surface area contributed by atoms with E-state index in [4.69, 9.17) is 0 Å². The number of aryl methyl sites for hydroxylation is 1. The summed E-state index contributed by atoms with van der Waals surface area (Å²) in [6.45, 7) is 2.82. The van der Waals surface area contributed by atoms with Crippen molar-refractivity contribution in [3.8, 4) is 0 Å². The van der Waals surface area contributed by atoms with Crippen molar-refractivity contribution in [2.24, 2.45) is 0 Å². The SMILES string of the molecule is Cc1cc2c(N3CCCC3C(=O)N(C)C)nccn2n1. The number of rotatable bonds is 2. The molecule has 0 radical (unpaired) electrons. The Morgan fingerprint density at radius 3 is 3.00 bits per heavy atom. The van der Waals surface area contributed by atoms with Gasteiger partial charge < -0.3 is 9.80 Å². The third kappa shape index (κ3) is 2.01. The Morgan fingerprint density at radius 2 is 2.25 bits per heavy atom. The molecule has 1 atom stereocenters. The minimum atomic E-state index is -0.112. The summed E-state index contributed by atoms with van der Waals surface area (Å²) in [7, 11) is 3.60. The van der Waals surface area contributed by atoms with Crippen LogP contribution >= 0.6 is 0 Å². The fourth-order valence-electron chi connectivity index (χ4n) is 2.83. The maximum absolute atomic E-state index is 12.3. The van der Waals surface area contributed by atoms with Crippen LogP contribution in [0.1, 0.15) is 18.5 Å². The quantitative estimate of drug-likeness (QED) is 0.822. The predicted molar refractivity (Wildman–Crippen MR) is 76.8 cm³/mol. The normalized spacial score (nSPS) is 18.8. The summed E-state index contributed by atoms with van der Waals surface area (Å²) in [4.78, 5) is 20.6. The van der Waals surface area contributed by atoms with Crippen LogP contribution in [0.15, 0.2) is 18.5 Å². The molecule has 1 aliphatic rings. The third-order valence-corrected chi connectivity index (χ3v) is 3.74. The zero-order chi connectivity index (χ0) is 14.3. The third-order valence-electron chi connectivity index (χ3n) is 3.74. The Bertz CT molecular complexity index is 648. The first-order valence-electron chi connectivity index (χ1n) is 6.87. The summed E-state index contributed by atoms with van der Waals surface area (Å²) in [5.74, 6) is 0.994. The summed E-state index contributed by atoms with van der Waals surface area (Å²) in [5, 5.41) is 4.40. The van der Waals surface area contributed by atoms with Gasteiger partial charge in [-0.15, -0.1) is 0 Å². The van der Waals surface area contributed by atoms with Gasteiger partial charge in [0.15, 0.2) is 5.82 Å². The second kappa shape index (κ2) is 4.77. The molecule has 106 valence electrons. The monoisotopic (exact) mass is 273 g/mol. The van der Waals surface area contributed by atoms with Crippen LogP contribution < -0.4 is 4.90 Å². The van der Waals surface area contributed by atoms with Crippen molar-refractivity contribution < 1.29 is 4.79 Å². The first-order valence-corrected chi connectivity index (χ1v) is 6.87. The van der Waals surface area contributed by atoms with Gasteiger partial charge in [-0.3, -0.25) is 4.79 Å². The van der Waals surface area contributed by atoms with Crippen molar-refractivity contribution in [3.63, 3.8) is 0 Å². The van der Waals surface area contributed by atoms with E-state index in [2.05, 4.69) is 15.0 Å². The first-order chi connectivity index (χ1) is 9.58. The molecule has 6 heteroatoms. The molecule has 2 aromatic heterocycles. The number of fused-ring (bicyclic) bond motifs is 1. The smallest absolute Gasteiger partial charge is 0.244 e. The summed E-state index contributed by atoms with van der Waals surface area (Å²) < 4.78 is 1.83. The van der Waals surface area contributed by atoms with Gasteiger partial charge in [-0.2, -0.15) is 5.10 Å². The lowest BCUT2D eigenvalue weighted by molar-refractivity contribution is -0.129. The van der Waals surface area contributed by atoms with E-state index in [1.165, 1.54) is 0 Å². The van der Waals surface area contributed by atoms with E-state index in [0.29, 0.717) is 0 Å². The van der Waals surface area contributed by atoms with Gasteiger partial charge in [0.2, 0.25) is 5.91 Å². The number of aromatic nitrogens is 3. The van der Waals surface area contributed by atoms with E-state index >= 15 is 0 Å². The van der Waals surface area contributed by atoms with Crippen molar-refractivity contribution in [3.05, 3.63) is 24.2 Å². The summed E-state index contributed by atoms with van der Waals surface area (Å²) in [5.41, 5.74) is 1.91. The second-order valence-corrected chi connectivity index (χ2v) is 5.45. The van der Waals surface area contributed by atoms with E-state index in [1.54, 1.807) is 25.2 Å². The van der Waals surface area contributed by atoms with Gasteiger partial charge in [0.1, 0.15) is 11.6 Å². The highest BCUT2D eigenvalue weighted by Gasteiger charge is 2.33. The van der Waals surface area contributed by atoms with Crippen LogP contribution in [0.4, 0.5) is 5.82 Å². The van der Waals surface area contributed by atoms with E-state index in [9.17, 15) is 4.79 Å². The van der Waals surface area contributed by atoms with Gasteiger partial charge in [0.05, 0.1) is 5.69 Å². The van der Waals surface area contributed by atoms with Crippen LogP contribution in [0.3, 0.4) is 0 Å². The molecule has 0 aromatic carbocycles. The molecule has 3 rings (SSSR count). The minimum absolute atomic E-state index is 0.112. The molecule has 0 N–H and O–H groups in total. The lowest BCUT2D eigenvalue weighted by atomic mass is 10.2. The molecule has 20 heavy (non-hydrogen) atoms. The highest BCUT2D eigenvalue weighted by atomic mass is 16.2. The molecular formula is C14H19N5O. The number of anilines is 1. The second-order valence-electron chi connectivity index (χ2n) is 5.45. The largest absolute Gasteiger partial charge is 0.347 e. The fraction of sp³-hybridized carbons (Fsp3) is 0.500. The Balaban J connectivity index is 2.03. The van der Waals surface area contributed by atoms with Crippen molar-refractivity contribution in [2.45, 2.75) is 25.8 Å². The van der Waals surface area contributed by atoms with Gasteiger partial charge in [-0.1, -0.05) is 0 Å². The molecule has 1 unspecified atom stereocenters. The molecule has 0 aliphatic carbocycles. The lowest BCUT2D eigenvalue weighted by Crippen LogP contribution is -2.43. The van der Waals surface area contributed by atoms with Gasteiger partial charge in [0.25, 0.3) is 0 Å². The number of nitrogens with zero attached hydrogens (tertiary/aromatic N) is 5. The highest BCUT2D eigenvalue weighted by molar-refractivity contribution is 5.87. The zero-order valence-corrected chi connectivity index (χ0v) is 12.1. The number of hydrogen-bond donors (Lipinski definition) is 0. The number of likely N-dealkylation sites (N-methyl/N-ethyl adjacent to an activating group) is 1. The number of amides is 1. The van der Waals surface area contributed by atoms with E-state index in [-0.39, 0.29) is 11.9 Å². The van der Waals surface area contributed by atoms with Crippen molar-refractivity contribution in [1.82, 2.24) is 19.5 Å². The van der Waals surface area contributed by atoms with E-state index in [0.717, 1.165) is 36.4 Å². The molecular weight excluding hydrogens is 254 g/mol. The number of carbonyl (C=O) groups is 1. The Labute approximate surface area is 118 Å². The van der Waals surface area contributed by atoms with Crippen LogP contribution in [-0.4, -0.2) is 52.1 Å². The average Bonchev–Trinajstić information content (AvgIpc) is 3.01. The van der Waals surface area contributed by atoms with Crippen LogP contribution in [0, 0.1) is 6.92 Å². The molecule has 1 fully saturated rings. The van der Waals surface area contributed by atoms with Crippen molar-refractivity contribution >= 4 is 17.2 Å². The van der Waals surface area contributed by atoms with Crippen molar-refractivity contribution in [2.75, 3.05) is 25.5 Å². The van der Waals surface area contributed by atoms with Crippen molar-refractivity contribution in [1.29, 1.82) is 0 Å². The lowest BCUT2D eigenvalue weighted by Gasteiger charge is -2.27. The van der Waals surface area contributed by atoms with E-state index < -0.39 is 0 Å². The van der Waals surface area contributed by atoms with E-state index in [1.807, 2.05) is 23.7 Å². The van der Waals surface area contributed by atoms with Gasteiger partial charge in [0, 0.05) is 33.0 Å². The van der Waals surface area contributed by atoms with Gasteiger partial charge in [-0.25, -0.2) is 9.50 Å². The Hall–Kier alpha value is -2.11. The minimum Gasteiger partial charge on any atom is -0.347 e. The van der Waals surface area contributed by atoms with Crippen LogP contribution in [0.25, 0.3) is 5.52 Å². The molecule has 3 heterocycles. The predicted octanol–water partition coefficient (Wildman–Crippen LogP) is 1.09. The molecule has 1 aliphatic heterocycles. The fourth-order valence-corrected chi connectivity index (χ4v) is 2.83. The average molecular weight is 273 g/mol. The topological polar surface area (TPSA) is 53.7 Å². The zero-order valence-electron chi connectivity index (χ0n) is 12.1. The highest BCUT2D eigenvalue weighted by Crippen LogP contribution is 2.28. The van der Waals surface area contributed by atoms with Crippen LogP contribution in [-0.2, 0) is 4.79 Å². The van der Waals surface area contributed by atoms with Gasteiger partial charge >= 0.3 is 0 Å². The van der Waals surface area contributed by atoms with Crippen LogP contribution in [0.5, 0.6) is 0 Å². The first kappa shape index (κ1) is 12.9. The Kier molecular flexibility index (Phi) is 3.08. The Morgan fingerprint density at radius 1 is 1.45 bits per heavy atom. The molecule has 0 saturated carbocycles. The van der Waals surface area contributed by atoms with Crippen LogP contribution in [0.2, 0.25) is 0 Å². The maximum atomic E-state index is 12.3. The summed E-state index contributed by atoms with van der Waals surface area (Å²) in [6, 6.07) is 1.90. The summed E-state index contributed by atoms with van der Waals surface area (Å²) in [6.07, 6.45) is 5.47. The number of carbonyl (C=O) groups excluding carboxylic acids is 1. The molecule has 0 bridgehead atoms. The standard InChI is InChI=1S/C14H19N5O/c1-10-9-12-13(15-6-8-19(12)16-10)18-7-4-5-11(18)14(20)17(2)3/h6,8-9,11H,4-5,7H2,1-3H3. The maximum Gasteiger partial charge on any atom is 0.244 e. The molecule has 6 nitrogen and oxygen atoms in total. The molecule has 0 spiro atoms. The summed E-state index contributed by atoms with van der Waals surface area (Å²) >= 11 is 0. The van der Waals surface area contributed by atoms with Gasteiger partial charge in [-0.05, 0) is 25.8 Å². The molecule has 1 amide bonds. The molecule has 2 aromatic rings. The number of hydrogen-bond acceptors (Lipinski definition) is 4.